The second-order valence-electron chi connectivity index (χ2n) is 5.49. The van der Waals surface area contributed by atoms with E-state index in [-0.39, 0.29) is 5.54 Å². The van der Waals surface area contributed by atoms with Gasteiger partial charge in [0.15, 0.2) is 0 Å². The predicted octanol–water partition coefficient (Wildman–Crippen LogP) is 1.38. The van der Waals surface area contributed by atoms with Gasteiger partial charge in [0.25, 0.3) is 0 Å². The highest BCUT2D eigenvalue weighted by atomic mass is 15.3. The van der Waals surface area contributed by atoms with Crippen LogP contribution in [-0.2, 0) is 13.6 Å². The van der Waals surface area contributed by atoms with E-state index in [0.29, 0.717) is 6.04 Å². The van der Waals surface area contributed by atoms with E-state index in [1.54, 1.807) is 0 Å². The molecule has 2 atom stereocenters. The van der Waals surface area contributed by atoms with E-state index in [1.165, 1.54) is 12.1 Å². The predicted molar refractivity (Wildman–Crippen MR) is 69.8 cm³/mol. The fourth-order valence-electron chi connectivity index (χ4n) is 2.47. The van der Waals surface area contributed by atoms with Crippen molar-refractivity contribution in [1.29, 1.82) is 0 Å². The van der Waals surface area contributed by atoms with Gasteiger partial charge in [0.1, 0.15) is 0 Å². The fourth-order valence-corrected chi connectivity index (χ4v) is 2.47. The Morgan fingerprint density at radius 1 is 1.59 bits per heavy atom. The van der Waals surface area contributed by atoms with Crippen LogP contribution in [0.3, 0.4) is 0 Å². The monoisotopic (exact) mass is 236 g/mol. The molecule has 4 heteroatoms. The molecule has 17 heavy (non-hydrogen) atoms. The molecule has 1 aromatic heterocycles. The minimum atomic E-state index is 0.254. The molecular formula is C13H24N4. The average molecular weight is 236 g/mol. The van der Waals surface area contributed by atoms with Crippen LogP contribution < -0.4 is 5.32 Å². The summed E-state index contributed by atoms with van der Waals surface area (Å²) in [4.78, 5) is 2.57. The number of nitrogens with zero attached hydrogens (tertiary/aromatic N) is 3. The summed E-state index contributed by atoms with van der Waals surface area (Å²) in [6.45, 7) is 9.98. The van der Waals surface area contributed by atoms with Crippen molar-refractivity contribution in [1.82, 2.24) is 20.0 Å². The fraction of sp³-hybridized carbons (Fsp3) is 0.769. The summed E-state index contributed by atoms with van der Waals surface area (Å²) >= 11 is 0. The Balaban J connectivity index is 2.10. The van der Waals surface area contributed by atoms with Gasteiger partial charge in [-0.3, -0.25) is 9.58 Å². The van der Waals surface area contributed by atoms with Gasteiger partial charge < -0.3 is 5.32 Å². The third-order valence-corrected chi connectivity index (χ3v) is 3.97. The summed E-state index contributed by atoms with van der Waals surface area (Å²) in [5.41, 5.74) is 1.42. The molecule has 0 bridgehead atoms. The highest BCUT2D eigenvalue weighted by Crippen LogP contribution is 2.24. The van der Waals surface area contributed by atoms with Gasteiger partial charge >= 0.3 is 0 Å². The number of hydrogen-bond acceptors (Lipinski definition) is 3. The lowest BCUT2D eigenvalue weighted by molar-refractivity contribution is 0.0441. The van der Waals surface area contributed by atoms with Crippen molar-refractivity contribution >= 4 is 0 Å². The third-order valence-electron chi connectivity index (χ3n) is 3.97. The first kappa shape index (κ1) is 12.6. The Hall–Kier alpha value is -0.870. The van der Waals surface area contributed by atoms with E-state index in [0.717, 1.165) is 19.6 Å². The molecular weight excluding hydrogens is 212 g/mol. The number of aryl methyl sites for hydroxylation is 1. The maximum Gasteiger partial charge on any atom is 0.0764 e. The van der Waals surface area contributed by atoms with Crippen molar-refractivity contribution in [3.05, 3.63) is 18.0 Å². The Kier molecular flexibility index (Phi) is 3.54. The normalized spacial score (nSPS) is 30.7. The van der Waals surface area contributed by atoms with Gasteiger partial charge in [-0.15, -0.1) is 0 Å². The summed E-state index contributed by atoms with van der Waals surface area (Å²) in [5.74, 6) is 0. The Labute approximate surface area is 104 Å². The van der Waals surface area contributed by atoms with Crippen LogP contribution in [0.2, 0.25) is 0 Å². The zero-order valence-electron chi connectivity index (χ0n) is 11.4. The van der Waals surface area contributed by atoms with E-state index in [1.807, 2.05) is 17.9 Å². The quantitative estimate of drug-likeness (QED) is 0.861. The number of piperazine rings is 1. The van der Waals surface area contributed by atoms with Crippen molar-refractivity contribution < 1.29 is 0 Å². The van der Waals surface area contributed by atoms with Gasteiger partial charge in [-0.1, -0.05) is 6.92 Å². The molecule has 0 aromatic carbocycles. The standard InChI is InChI=1S/C13H24N4/c1-5-13(3)10-14-11(2)8-17(13)9-12-6-7-16(4)15-12/h6-7,11,14H,5,8-10H2,1-4H3. The van der Waals surface area contributed by atoms with Crippen LogP contribution >= 0.6 is 0 Å². The maximum atomic E-state index is 4.48. The third kappa shape index (κ3) is 2.69. The molecule has 2 heterocycles. The molecule has 4 nitrogen and oxygen atoms in total. The van der Waals surface area contributed by atoms with Gasteiger partial charge in [-0.05, 0) is 26.3 Å². The van der Waals surface area contributed by atoms with Crippen molar-refractivity contribution in [2.24, 2.45) is 7.05 Å². The summed E-state index contributed by atoms with van der Waals surface area (Å²) in [7, 11) is 1.98. The lowest BCUT2D eigenvalue weighted by Gasteiger charge is -2.47. The summed E-state index contributed by atoms with van der Waals surface area (Å²) < 4.78 is 1.88. The first-order valence-electron chi connectivity index (χ1n) is 6.50. The Bertz CT molecular complexity index is 373. The summed E-state index contributed by atoms with van der Waals surface area (Å²) in [6.07, 6.45) is 3.18. The summed E-state index contributed by atoms with van der Waals surface area (Å²) in [5, 5.41) is 8.06. The van der Waals surface area contributed by atoms with Crippen molar-refractivity contribution in [2.45, 2.75) is 45.3 Å². The van der Waals surface area contributed by atoms with Gasteiger partial charge in [0.05, 0.1) is 5.69 Å². The molecule has 1 aliphatic heterocycles. The number of hydrogen-bond donors (Lipinski definition) is 1. The first-order chi connectivity index (χ1) is 8.03. The van der Waals surface area contributed by atoms with Gasteiger partial charge in [-0.2, -0.15) is 5.10 Å². The zero-order valence-corrected chi connectivity index (χ0v) is 11.4. The van der Waals surface area contributed by atoms with E-state index < -0.39 is 0 Å². The topological polar surface area (TPSA) is 33.1 Å². The van der Waals surface area contributed by atoms with E-state index in [4.69, 9.17) is 0 Å². The van der Waals surface area contributed by atoms with Crippen molar-refractivity contribution in [3.8, 4) is 0 Å². The summed E-state index contributed by atoms with van der Waals surface area (Å²) in [6, 6.07) is 2.68. The Morgan fingerprint density at radius 3 is 2.94 bits per heavy atom. The van der Waals surface area contributed by atoms with Crippen LogP contribution in [0, 0.1) is 0 Å². The minimum absolute atomic E-state index is 0.254. The largest absolute Gasteiger partial charge is 0.311 e. The maximum absolute atomic E-state index is 4.48. The second-order valence-corrected chi connectivity index (χ2v) is 5.49. The minimum Gasteiger partial charge on any atom is -0.311 e. The van der Waals surface area contributed by atoms with Crippen LogP contribution in [-0.4, -0.2) is 39.4 Å². The molecule has 0 aliphatic carbocycles. The molecule has 1 N–H and O–H groups in total. The SMILES string of the molecule is CCC1(C)CNC(C)CN1Cc1ccn(C)n1. The molecule has 0 saturated carbocycles. The second kappa shape index (κ2) is 4.78. The average Bonchev–Trinajstić information content (AvgIpc) is 2.70. The highest BCUT2D eigenvalue weighted by molar-refractivity contribution is 5.02. The molecule has 2 rings (SSSR count). The lowest BCUT2D eigenvalue weighted by Crippen LogP contribution is -2.61. The zero-order chi connectivity index (χ0) is 12.5. The van der Waals surface area contributed by atoms with E-state index in [9.17, 15) is 0 Å². The van der Waals surface area contributed by atoms with Crippen molar-refractivity contribution in [2.75, 3.05) is 13.1 Å². The molecule has 1 fully saturated rings. The molecule has 1 saturated heterocycles. The van der Waals surface area contributed by atoms with Crippen LogP contribution in [0.5, 0.6) is 0 Å². The molecule has 0 spiro atoms. The van der Waals surface area contributed by atoms with Crippen molar-refractivity contribution in [3.63, 3.8) is 0 Å². The highest BCUT2D eigenvalue weighted by Gasteiger charge is 2.35. The van der Waals surface area contributed by atoms with Gasteiger partial charge in [-0.25, -0.2) is 0 Å². The smallest absolute Gasteiger partial charge is 0.0764 e. The molecule has 1 aromatic rings. The Morgan fingerprint density at radius 2 is 2.35 bits per heavy atom. The molecule has 1 aliphatic rings. The van der Waals surface area contributed by atoms with E-state index >= 15 is 0 Å². The molecule has 0 radical (unpaired) electrons. The van der Waals surface area contributed by atoms with E-state index in [2.05, 4.69) is 42.2 Å². The number of nitrogens with one attached hydrogen (secondary N) is 1. The lowest BCUT2D eigenvalue weighted by atomic mass is 9.92. The van der Waals surface area contributed by atoms with Crippen LogP contribution in [0.15, 0.2) is 12.3 Å². The molecule has 0 amide bonds. The number of rotatable bonds is 3. The number of aromatic nitrogens is 2. The van der Waals surface area contributed by atoms with Gasteiger partial charge in [0, 0.05) is 44.5 Å². The molecule has 96 valence electrons. The molecule has 2 unspecified atom stereocenters. The van der Waals surface area contributed by atoms with Gasteiger partial charge in [0.2, 0.25) is 0 Å². The van der Waals surface area contributed by atoms with Crippen LogP contribution in [0.1, 0.15) is 32.9 Å². The van der Waals surface area contributed by atoms with Crippen LogP contribution in [0.4, 0.5) is 0 Å². The first-order valence-corrected chi connectivity index (χ1v) is 6.50. The van der Waals surface area contributed by atoms with Crippen LogP contribution in [0.25, 0.3) is 0 Å².